The summed E-state index contributed by atoms with van der Waals surface area (Å²) >= 11 is 6.16. The van der Waals surface area contributed by atoms with Crippen molar-refractivity contribution in [2.24, 2.45) is 0 Å². The second-order valence-electron chi connectivity index (χ2n) is 5.16. The van der Waals surface area contributed by atoms with Crippen LogP contribution in [0.5, 0.6) is 0 Å². The highest BCUT2D eigenvalue weighted by molar-refractivity contribution is 6.40. The van der Waals surface area contributed by atoms with Crippen LogP contribution in [0.2, 0.25) is 5.02 Å². The minimum Gasteiger partial charge on any atom is -0.289 e. The van der Waals surface area contributed by atoms with E-state index in [4.69, 9.17) is 11.6 Å². The van der Waals surface area contributed by atoms with Gasteiger partial charge in [0.1, 0.15) is 5.82 Å². The van der Waals surface area contributed by atoms with Crippen LogP contribution in [0.25, 0.3) is 11.6 Å². The van der Waals surface area contributed by atoms with Crippen molar-refractivity contribution in [2.75, 3.05) is 0 Å². The Balaban J connectivity index is 2.12. The fraction of sp³-hybridized carbons (Fsp3) is 0. The summed E-state index contributed by atoms with van der Waals surface area (Å²) in [6.45, 7) is 0. The molecule has 118 valence electrons. The molecule has 0 spiro atoms. The summed E-state index contributed by atoms with van der Waals surface area (Å²) < 4.78 is 13.2. The van der Waals surface area contributed by atoms with E-state index in [0.717, 1.165) is 5.56 Å². The Morgan fingerprint density at radius 3 is 2.42 bits per heavy atom. The van der Waals surface area contributed by atoms with Crippen LogP contribution in [0.15, 0.2) is 73.1 Å². The van der Waals surface area contributed by atoms with Crippen molar-refractivity contribution >= 4 is 29.0 Å². The molecule has 0 bridgehead atoms. The first-order valence-corrected chi connectivity index (χ1v) is 7.70. The van der Waals surface area contributed by atoms with Crippen molar-refractivity contribution < 1.29 is 9.18 Å². The van der Waals surface area contributed by atoms with Gasteiger partial charge in [-0.3, -0.25) is 9.78 Å². The predicted octanol–water partition coefficient (Wildman–Crippen LogP) is 5.30. The SMILES string of the molecule is O=C(/C(=C/c1cccnc1)c1ccc(F)cc1)c1ccccc1Cl. The molecule has 0 radical (unpaired) electrons. The number of aromatic nitrogens is 1. The Labute approximate surface area is 144 Å². The van der Waals surface area contributed by atoms with Gasteiger partial charge < -0.3 is 0 Å². The van der Waals surface area contributed by atoms with Crippen molar-refractivity contribution in [3.05, 3.63) is 101 Å². The first kappa shape index (κ1) is 16.1. The topological polar surface area (TPSA) is 30.0 Å². The Morgan fingerprint density at radius 1 is 1.00 bits per heavy atom. The normalized spacial score (nSPS) is 11.3. The van der Waals surface area contributed by atoms with Crippen LogP contribution in [0.3, 0.4) is 0 Å². The Kier molecular flexibility index (Phi) is 4.82. The minimum absolute atomic E-state index is 0.226. The molecule has 4 heteroatoms. The Hall–Kier alpha value is -2.78. The number of Topliss-reactive ketones (excluding diaryl/α,β-unsaturated/α-hetero) is 1. The van der Waals surface area contributed by atoms with Crippen molar-refractivity contribution in [3.8, 4) is 0 Å². The largest absolute Gasteiger partial charge is 0.289 e. The van der Waals surface area contributed by atoms with Gasteiger partial charge in [0.05, 0.1) is 5.02 Å². The zero-order valence-corrected chi connectivity index (χ0v) is 13.4. The number of allylic oxidation sites excluding steroid dienone is 1. The number of carbonyl (C=O) groups excluding carboxylic acids is 1. The Bertz CT molecular complexity index is 889. The summed E-state index contributed by atoms with van der Waals surface area (Å²) in [4.78, 5) is 17.0. The second kappa shape index (κ2) is 7.20. The second-order valence-corrected chi connectivity index (χ2v) is 5.57. The summed E-state index contributed by atoms with van der Waals surface area (Å²) in [6, 6.07) is 16.3. The Morgan fingerprint density at radius 2 is 1.75 bits per heavy atom. The summed E-state index contributed by atoms with van der Waals surface area (Å²) in [7, 11) is 0. The maximum atomic E-state index is 13.2. The van der Waals surface area contributed by atoms with Gasteiger partial charge in [0, 0.05) is 23.5 Å². The van der Waals surface area contributed by atoms with E-state index < -0.39 is 0 Å². The lowest BCUT2D eigenvalue weighted by Gasteiger charge is -2.09. The van der Waals surface area contributed by atoms with E-state index in [0.29, 0.717) is 21.7 Å². The van der Waals surface area contributed by atoms with E-state index in [1.54, 1.807) is 60.9 Å². The van der Waals surface area contributed by atoms with Crippen LogP contribution in [0.4, 0.5) is 4.39 Å². The summed E-state index contributed by atoms with van der Waals surface area (Å²) in [5.41, 5.74) is 2.22. The average Bonchev–Trinajstić information content (AvgIpc) is 2.61. The highest BCUT2D eigenvalue weighted by Crippen LogP contribution is 2.26. The van der Waals surface area contributed by atoms with E-state index >= 15 is 0 Å². The van der Waals surface area contributed by atoms with Crippen LogP contribution in [-0.4, -0.2) is 10.8 Å². The lowest BCUT2D eigenvalue weighted by Crippen LogP contribution is -2.04. The molecule has 0 fully saturated rings. The molecule has 1 heterocycles. The molecule has 0 aliphatic heterocycles. The van der Waals surface area contributed by atoms with E-state index in [1.165, 1.54) is 12.1 Å². The molecule has 2 aromatic carbocycles. The molecule has 0 saturated carbocycles. The van der Waals surface area contributed by atoms with E-state index in [-0.39, 0.29) is 11.6 Å². The summed E-state index contributed by atoms with van der Waals surface area (Å²) in [5, 5.41) is 0.377. The predicted molar refractivity (Wildman–Crippen MR) is 94.3 cm³/mol. The van der Waals surface area contributed by atoms with Gasteiger partial charge in [0.15, 0.2) is 5.78 Å². The number of halogens is 2. The summed E-state index contributed by atoms with van der Waals surface area (Å²) in [6.07, 6.45) is 5.04. The molecule has 0 atom stereocenters. The number of hydrogen-bond acceptors (Lipinski definition) is 2. The van der Waals surface area contributed by atoms with Gasteiger partial charge >= 0.3 is 0 Å². The third-order valence-corrected chi connectivity index (χ3v) is 3.84. The first-order valence-electron chi connectivity index (χ1n) is 7.32. The molecule has 3 aromatic rings. The van der Waals surface area contributed by atoms with Crippen LogP contribution >= 0.6 is 11.6 Å². The lowest BCUT2D eigenvalue weighted by molar-refractivity contribution is 0.105. The zero-order valence-electron chi connectivity index (χ0n) is 12.6. The van der Waals surface area contributed by atoms with Crippen LogP contribution < -0.4 is 0 Å². The number of pyridine rings is 1. The van der Waals surface area contributed by atoms with Gasteiger partial charge in [0.25, 0.3) is 0 Å². The molecular formula is C20H13ClFNO. The lowest BCUT2D eigenvalue weighted by atomic mass is 9.95. The van der Waals surface area contributed by atoms with Gasteiger partial charge in [-0.15, -0.1) is 0 Å². The first-order chi connectivity index (χ1) is 11.6. The third-order valence-electron chi connectivity index (χ3n) is 3.51. The highest BCUT2D eigenvalue weighted by atomic mass is 35.5. The molecule has 0 amide bonds. The quantitative estimate of drug-likeness (QED) is 0.478. The molecule has 0 N–H and O–H groups in total. The average molecular weight is 338 g/mol. The highest BCUT2D eigenvalue weighted by Gasteiger charge is 2.17. The van der Waals surface area contributed by atoms with Crippen molar-refractivity contribution in [2.45, 2.75) is 0 Å². The summed E-state index contributed by atoms with van der Waals surface area (Å²) in [5.74, 6) is -0.583. The van der Waals surface area contributed by atoms with Crippen LogP contribution in [0, 0.1) is 5.82 Å². The van der Waals surface area contributed by atoms with Crippen molar-refractivity contribution in [3.63, 3.8) is 0 Å². The van der Waals surface area contributed by atoms with Crippen LogP contribution in [-0.2, 0) is 0 Å². The van der Waals surface area contributed by atoms with Gasteiger partial charge in [0.2, 0.25) is 0 Å². The number of ketones is 1. The number of rotatable bonds is 4. The maximum Gasteiger partial charge on any atom is 0.195 e. The number of nitrogens with zero attached hydrogens (tertiary/aromatic N) is 1. The molecule has 24 heavy (non-hydrogen) atoms. The molecular weight excluding hydrogens is 325 g/mol. The maximum absolute atomic E-state index is 13.2. The van der Waals surface area contributed by atoms with Crippen molar-refractivity contribution in [1.29, 1.82) is 0 Å². The molecule has 2 nitrogen and oxygen atoms in total. The number of benzene rings is 2. The van der Waals surface area contributed by atoms with E-state index in [1.807, 2.05) is 6.07 Å². The number of carbonyl (C=O) groups is 1. The molecule has 0 saturated heterocycles. The van der Waals surface area contributed by atoms with E-state index in [9.17, 15) is 9.18 Å². The number of hydrogen-bond donors (Lipinski definition) is 0. The van der Waals surface area contributed by atoms with E-state index in [2.05, 4.69) is 4.98 Å². The fourth-order valence-corrected chi connectivity index (χ4v) is 2.55. The third kappa shape index (κ3) is 3.58. The van der Waals surface area contributed by atoms with Gasteiger partial charge in [-0.2, -0.15) is 0 Å². The molecule has 1 aromatic heterocycles. The molecule has 0 unspecified atom stereocenters. The van der Waals surface area contributed by atoms with Gasteiger partial charge in [-0.1, -0.05) is 41.9 Å². The zero-order chi connectivity index (χ0) is 16.9. The van der Waals surface area contributed by atoms with Crippen molar-refractivity contribution in [1.82, 2.24) is 4.98 Å². The smallest absolute Gasteiger partial charge is 0.195 e. The minimum atomic E-state index is -0.357. The van der Waals surface area contributed by atoms with Gasteiger partial charge in [-0.05, 0) is 47.5 Å². The standard InChI is InChI=1S/C20H13ClFNO/c21-19-6-2-1-5-17(19)20(24)18(12-14-4-3-11-23-13-14)15-7-9-16(22)10-8-15/h1-13H/b18-12+. The molecule has 0 aliphatic carbocycles. The van der Waals surface area contributed by atoms with Gasteiger partial charge in [-0.25, -0.2) is 4.39 Å². The fourth-order valence-electron chi connectivity index (χ4n) is 2.33. The van der Waals surface area contributed by atoms with Crippen LogP contribution in [0.1, 0.15) is 21.5 Å². The molecule has 0 aliphatic rings. The monoisotopic (exact) mass is 337 g/mol. The molecule has 3 rings (SSSR count).